The largest absolute Gasteiger partial charge is 0.478 e. The molecule has 6 heteroatoms. The molecule has 0 fully saturated rings. The molecule has 1 aromatic heterocycles. The number of carboxylic acid groups (broad SMARTS) is 2. The van der Waals surface area contributed by atoms with Crippen LogP contribution in [0.4, 0.5) is 0 Å². The summed E-state index contributed by atoms with van der Waals surface area (Å²) < 4.78 is 0. The van der Waals surface area contributed by atoms with E-state index < -0.39 is 11.9 Å². The van der Waals surface area contributed by atoms with Gasteiger partial charge in [0.1, 0.15) is 0 Å². The quantitative estimate of drug-likeness (QED) is 0.743. The first kappa shape index (κ1) is 16.0. The Bertz CT molecular complexity index is 998. The van der Waals surface area contributed by atoms with Gasteiger partial charge in [-0.1, -0.05) is 35.4 Å². The molecule has 0 aliphatic carbocycles. The molecular formula is C18H12ClNO4. The predicted octanol–water partition coefficient (Wildman–Crippen LogP) is 4.26. The number of aromatic nitrogens is 1. The van der Waals surface area contributed by atoms with E-state index in [4.69, 9.17) is 11.6 Å². The smallest absolute Gasteiger partial charge is 0.337 e. The highest BCUT2D eigenvalue weighted by Crippen LogP contribution is 2.31. The van der Waals surface area contributed by atoms with Crippen LogP contribution in [0.5, 0.6) is 0 Å². The number of benzene rings is 2. The number of rotatable bonds is 3. The Morgan fingerprint density at radius 2 is 1.79 bits per heavy atom. The summed E-state index contributed by atoms with van der Waals surface area (Å²) in [5.74, 6) is -2.30. The molecule has 0 spiro atoms. The maximum Gasteiger partial charge on any atom is 0.337 e. The highest BCUT2D eigenvalue weighted by atomic mass is 35.5. The third kappa shape index (κ3) is 2.70. The molecule has 2 aromatic carbocycles. The van der Waals surface area contributed by atoms with E-state index in [0.29, 0.717) is 10.9 Å². The number of halogens is 1. The van der Waals surface area contributed by atoms with Gasteiger partial charge in [0.2, 0.25) is 0 Å². The minimum atomic E-state index is -1.20. The molecular weight excluding hydrogens is 330 g/mol. The Morgan fingerprint density at radius 3 is 2.46 bits per heavy atom. The molecule has 0 atom stereocenters. The molecule has 24 heavy (non-hydrogen) atoms. The lowest BCUT2D eigenvalue weighted by Crippen LogP contribution is -2.04. The van der Waals surface area contributed by atoms with Gasteiger partial charge in [0.25, 0.3) is 0 Å². The fourth-order valence-corrected chi connectivity index (χ4v) is 2.86. The van der Waals surface area contributed by atoms with Gasteiger partial charge < -0.3 is 10.2 Å². The number of aromatic carboxylic acids is 2. The molecule has 0 radical (unpaired) electrons. The maximum absolute atomic E-state index is 11.6. The Kier molecular flexibility index (Phi) is 3.95. The van der Waals surface area contributed by atoms with E-state index in [1.54, 1.807) is 24.3 Å². The van der Waals surface area contributed by atoms with Crippen LogP contribution in [0.15, 0.2) is 42.5 Å². The Balaban J connectivity index is 2.37. The van der Waals surface area contributed by atoms with Crippen molar-refractivity contribution in [3.05, 3.63) is 64.2 Å². The van der Waals surface area contributed by atoms with Crippen molar-refractivity contribution in [1.82, 2.24) is 4.98 Å². The first-order valence-corrected chi connectivity index (χ1v) is 7.43. The second-order valence-corrected chi connectivity index (χ2v) is 5.76. The topological polar surface area (TPSA) is 87.5 Å². The van der Waals surface area contributed by atoms with Gasteiger partial charge in [0.05, 0.1) is 27.4 Å². The van der Waals surface area contributed by atoms with Crippen LogP contribution in [-0.2, 0) is 0 Å². The first-order valence-electron chi connectivity index (χ1n) is 7.05. The number of fused-ring (bicyclic) bond motifs is 1. The molecule has 0 bridgehead atoms. The normalized spacial score (nSPS) is 10.8. The van der Waals surface area contributed by atoms with Gasteiger partial charge in [-0.2, -0.15) is 0 Å². The molecule has 2 N–H and O–H groups in total. The van der Waals surface area contributed by atoms with Gasteiger partial charge in [-0.3, -0.25) is 0 Å². The second-order valence-electron chi connectivity index (χ2n) is 5.35. The van der Waals surface area contributed by atoms with Crippen molar-refractivity contribution in [2.24, 2.45) is 0 Å². The standard InChI is InChI=1S/C18H12ClNO4/c1-9-5-6-14-11(7-9)12(17(21)22)8-15(20-14)10-3-2-4-13(19)16(10)18(23)24/h2-8H,1H3,(H,21,22)(H,23,24). The van der Waals surface area contributed by atoms with Crippen molar-refractivity contribution >= 4 is 34.4 Å². The van der Waals surface area contributed by atoms with Crippen molar-refractivity contribution in [3.8, 4) is 11.3 Å². The highest BCUT2D eigenvalue weighted by molar-refractivity contribution is 6.34. The number of pyridine rings is 1. The minimum absolute atomic E-state index is 0.0648. The molecule has 0 amide bonds. The number of carbonyl (C=O) groups is 2. The van der Waals surface area contributed by atoms with Gasteiger partial charge >= 0.3 is 11.9 Å². The minimum Gasteiger partial charge on any atom is -0.478 e. The third-order valence-corrected chi connectivity index (χ3v) is 4.01. The molecule has 0 aliphatic heterocycles. The number of carboxylic acids is 2. The van der Waals surface area contributed by atoms with Gasteiger partial charge in [0, 0.05) is 10.9 Å². The lowest BCUT2D eigenvalue weighted by Gasteiger charge is -2.11. The summed E-state index contributed by atoms with van der Waals surface area (Å²) in [5, 5.41) is 19.5. The zero-order valence-corrected chi connectivity index (χ0v) is 13.3. The van der Waals surface area contributed by atoms with Crippen LogP contribution >= 0.6 is 11.6 Å². The number of aryl methyl sites for hydroxylation is 1. The zero-order valence-electron chi connectivity index (χ0n) is 12.6. The highest BCUT2D eigenvalue weighted by Gasteiger charge is 2.19. The second kappa shape index (κ2) is 5.94. The van der Waals surface area contributed by atoms with E-state index in [1.165, 1.54) is 12.1 Å². The fourth-order valence-electron chi connectivity index (χ4n) is 2.61. The van der Waals surface area contributed by atoms with E-state index in [0.717, 1.165) is 5.56 Å². The summed E-state index contributed by atoms with van der Waals surface area (Å²) in [4.78, 5) is 27.6. The third-order valence-electron chi connectivity index (χ3n) is 3.70. The van der Waals surface area contributed by atoms with E-state index in [2.05, 4.69) is 4.98 Å². The van der Waals surface area contributed by atoms with E-state index in [1.807, 2.05) is 13.0 Å². The van der Waals surface area contributed by atoms with Crippen LogP contribution < -0.4 is 0 Å². The average molecular weight is 342 g/mol. The van der Waals surface area contributed by atoms with E-state index in [9.17, 15) is 19.8 Å². The summed E-state index contributed by atoms with van der Waals surface area (Å²) in [6.45, 7) is 1.86. The number of hydrogen-bond acceptors (Lipinski definition) is 3. The first-order chi connectivity index (χ1) is 11.4. The molecule has 0 saturated carbocycles. The van der Waals surface area contributed by atoms with Crippen LogP contribution in [0.1, 0.15) is 26.3 Å². The van der Waals surface area contributed by atoms with Gasteiger partial charge in [-0.05, 0) is 31.2 Å². The number of hydrogen-bond donors (Lipinski definition) is 2. The zero-order chi connectivity index (χ0) is 17.4. The fraction of sp³-hybridized carbons (Fsp3) is 0.0556. The summed E-state index contributed by atoms with van der Waals surface area (Å²) >= 11 is 5.99. The van der Waals surface area contributed by atoms with Crippen LogP contribution in [-0.4, -0.2) is 27.1 Å². The van der Waals surface area contributed by atoms with E-state index >= 15 is 0 Å². The molecule has 3 aromatic rings. The van der Waals surface area contributed by atoms with Crippen LogP contribution in [0, 0.1) is 6.92 Å². The molecule has 120 valence electrons. The molecule has 0 aliphatic rings. The van der Waals surface area contributed by atoms with Crippen molar-refractivity contribution < 1.29 is 19.8 Å². The molecule has 0 saturated heterocycles. The van der Waals surface area contributed by atoms with Gasteiger partial charge in [-0.15, -0.1) is 0 Å². The van der Waals surface area contributed by atoms with Crippen molar-refractivity contribution in [2.45, 2.75) is 6.92 Å². The predicted molar refractivity (Wildman–Crippen MR) is 90.8 cm³/mol. The summed E-state index contributed by atoms with van der Waals surface area (Å²) in [6, 6.07) is 11.3. The summed E-state index contributed by atoms with van der Waals surface area (Å²) in [7, 11) is 0. The SMILES string of the molecule is Cc1ccc2nc(-c3cccc(Cl)c3C(=O)O)cc(C(=O)O)c2c1. The lowest BCUT2D eigenvalue weighted by atomic mass is 9.99. The van der Waals surface area contributed by atoms with Gasteiger partial charge in [-0.25, -0.2) is 14.6 Å². The maximum atomic E-state index is 11.6. The van der Waals surface area contributed by atoms with Crippen LogP contribution in [0.3, 0.4) is 0 Å². The van der Waals surface area contributed by atoms with Gasteiger partial charge in [0.15, 0.2) is 0 Å². The monoisotopic (exact) mass is 341 g/mol. The molecule has 3 rings (SSSR count). The summed E-state index contributed by atoms with van der Waals surface area (Å²) in [6.07, 6.45) is 0. The van der Waals surface area contributed by atoms with Crippen molar-refractivity contribution in [3.63, 3.8) is 0 Å². The lowest BCUT2D eigenvalue weighted by molar-refractivity contribution is 0.0688. The average Bonchev–Trinajstić information content (AvgIpc) is 2.53. The summed E-state index contributed by atoms with van der Waals surface area (Å²) in [5.41, 5.74) is 1.88. The number of nitrogens with zero attached hydrogens (tertiary/aromatic N) is 1. The Labute approximate surface area is 142 Å². The van der Waals surface area contributed by atoms with Crippen molar-refractivity contribution in [1.29, 1.82) is 0 Å². The Morgan fingerprint density at radius 1 is 1.04 bits per heavy atom. The van der Waals surface area contributed by atoms with Crippen LogP contribution in [0.2, 0.25) is 5.02 Å². The van der Waals surface area contributed by atoms with Crippen LogP contribution in [0.25, 0.3) is 22.2 Å². The molecule has 5 nitrogen and oxygen atoms in total. The van der Waals surface area contributed by atoms with E-state index in [-0.39, 0.29) is 27.4 Å². The molecule has 0 unspecified atom stereocenters. The Hall–Kier alpha value is -2.92. The van der Waals surface area contributed by atoms with Crippen molar-refractivity contribution in [2.75, 3.05) is 0 Å². The molecule has 1 heterocycles.